The summed E-state index contributed by atoms with van der Waals surface area (Å²) < 4.78 is 7.09. The van der Waals surface area contributed by atoms with Gasteiger partial charge in [-0.2, -0.15) is 0 Å². The van der Waals surface area contributed by atoms with Gasteiger partial charge in [-0.25, -0.2) is 0 Å². The Morgan fingerprint density at radius 2 is 1.95 bits per heavy atom. The molecule has 2 rings (SSSR count). The summed E-state index contributed by atoms with van der Waals surface area (Å²) in [7, 11) is 0. The van der Waals surface area contributed by atoms with Crippen molar-refractivity contribution in [3.63, 3.8) is 0 Å². The van der Waals surface area contributed by atoms with Crippen molar-refractivity contribution in [2.24, 2.45) is 0 Å². The number of benzene rings is 1. The maximum Gasteiger partial charge on any atom is 0.307 e. The number of nitrogens with zero attached hydrogens (tertiary/aromatic N) is 1. The number of carbonyl (C=O) groups excluding carboxylic acids is 1. The second-order valence-corrected chi connectivity index (χ2v) is 4.59. The molecule has 0 aliphatic carbocycles. The van der Waals surface area contributed by atoms with E-state index >= 15 is 0 Å². The lowest BCUT2D eigenvalue weighted by atomic mass is 10.2. The van der Waals surface area contributed by atoms with Crippen LogP contribution in [0.2, 0.25) is 0 Å². The molecule has 0 radical (unpaired) electrons. The molecule has 104 valence electrons. The molecule has 0 aliphatic rings. The zero-order valence-electron chi connectivity index (χ0n) is 11.9. The standard InChI is InChI=1S/C17H19NO2/c1-3-16-9-10-17(11-12-20-14(2)19)18(16)13-15-7-5-4-6-8-15/h4-12H,3,13H2,1-2H3. The Morgan fingerprint density at radius 1 is 1.20 bits per heavy atom. The lowest BCUT2D eigenvalue weighted by molar-refractivity contribution is -0.135. The number of esters is 1. The minimum atomic E-state index is -0.307. The molecule has 1 aromatic carbocycles. The second kappa shape index (κ2) is 6.75. The third kappa shape index (κ3) is 3.60. The van der Waals surface area contributed by atoms with Gasteiger partial charge in [0.1, 0.15) is 0 Å². The Bertz CT molecular complexity index is 597. The SMILES string of the molecule is CCc1ccc(C=COC(C)=O)n1Cc1ccccc1. The van der Waals surface area contributed by atoms with Gasteiger partial charge >= 0.3 is 5.97 Å². The quantitative estimate of drug-likeness (QED) is 0.613. The van der Waals surface area contributed by atoms with E-state index < -0.39 is 0 Å². The van der Waals surface area contributed by atoms with Crippen molar-refractivity contribution in [2.75, 3.05) is 0 Å². The second-order valence-electron chi connectivity index (χ2n) is 4.59. The summed E-state index contributed by atoms with van der Waals surface area (Å²) in [4.78, 5) is 10.8. The lowest BCUT2D eigenvalue weighted by Gasteiger charge is -2.11. The molecule has 0 bridgehead atoms. The van der Waals surface area contributed by atoms with Crippen molar-refractivity contribution in [1.82, 2.24) is 4.57 Å². The van der Waals surface area contributed by atoms with E-state index in [0.717, 1.165) is 18.7 Å². The van der Waals surface area contributed by atoms with Crippen LogP contribution in [-0.4, -0.2) is 10.5 Å². The van der Waals surface area contributed by atoms with Gasteiger partial charge in [0.2, 0.25) is 0 Å². The van der Waals surface area contributed by atoms with Gasteiger partial charge in [-0.1, -0.05) is 37.3 Å². The van der Waals surface area contributed by atoms with E-state index in [-0.39, 0.29) is 5.97 Å². The van der Waals surface area contributed by atoms with E-state index in [4.69, 9.17) is 4.74 Å². The largest absolute Gasteiger partial charge is 0.435 e. The molecule has 0 atom stereocenters. The smallest absolute Gasteiger partial charge is 0.307 e. The molecular weight excluding hydrogens is 250 g/mol. The average Bonchev–Trinajstić information content (AvgIpc) is 2.82. The molecule has 0 unspecified atom stereocenters. The third-order valence-electron chi connectivity index (χ3n) is 3.12. The van der Waals surface area contributed by atoms with Crippen LogP contribution in [0.25, 0.3) is 6.08 Å². The highest BCUT2D eigenvalue weighted by Gasteiger charge is 2.05. The summed E-state index contributed by atoms with van der Waals surface area (Å²) >= 11 is 0. The van der Waals surface area contributed by atoms with Crippen LogP contribution >= 0.6 is 0 Å². The van der Waals surface area contributed by atoms with Gasteiger partial charge in [-0.15, -0.1) is 0 Å². The normalized spacial score (nSPS) is 10.9. The van der Waals surface area contributed by atoms with E-state index in [1.807, 2.05) is 30.3 Å². The number of aromatic nitrogens is 1. The van der Waals surface area contributed by atoms with Gasteiger partial charge in [-0.05, 0) is 30.2 Å². The summed E-state index contributed by atoms with van der Waals surface area (Å²) in [6.45, 7) is 4.35. The van der Waals surface area contributed by atoms with Gasteiger partial charge in [-0.3, -0.25) is 4.79 Å². The van der Waals surface area contributed by atoms with Crippen molar-refractivity contribution >= 4 is 12.0 Å². The molecule has 1 heterocycles. The number of hydrogen-bond acceptors (Lipinski definition) is 2. The zero-order chi connectivity index (χ0) is 14.4. The van der Waals surface area contributed by atoms with Crippen molar-refractivity contribution in [1.29, 1.82) is 0 Å². The first kappa shape index (κ1) is 14.1. The molecule has 0 saturated heterocycles. The molecule has 2 aromatic rings. The van der Waals surface area contributed by atoms with Crippen LogP contribution in [0.5, 0.6) is 0 Å². The van der Waals surface area contributed by atoms with Crippen LogP contribution in [0.1, 0.15) is 30.8 Å². The number of ether oxygens (including phenoxy) is 1. The minimum absolute atomic E-state index is 0.307. The Labute approximate surface area is 119 Å². The number of aryl methyl sites for hydroxylation is 1. The molecule has 0 fully saturated rings. The minimum Gasteiger partial charge on any atom is -0.435 e. The predicted octanol–water partition coefficient (Wildman–Crippen LogP) is 3.63. The van der Waals surface area contributed by atoms with Crippen molar-refractivity contribution in [2.45, 2.75) is 26.8 Å². The van der Waals surface area contributed by atoms with Gasteiger partial charge in [0.05, 0.1) is 6.26 Å². The van der Waals surface area contributed by atoms with Gasteiger partial charge in [0, 0.05) is 24.9 Å². The highest BCUT2D eigenvalue weighted by atomic mass is 16.5. The van der Waals surface area contributed by atoms with Crippen LogP contribution in [0.3, 0.4) is 0 Å². The summed E-state index contributed by atoms with van der Waals surface area (Å²) in [6.07, 6.45) is 4.23. The summed E-state index contributed by atoms with van der Waals surface area (Å²) in [5.74, 6) is -0.307. The van der Waals surface area contributed by atoms with Gasteiger partial charge < -0.3 is 9.30 Å². The van der Waals surface area contributed by atoms with E-state index in [9.17, 15) is 4.79 Å². The molecule has 0 N–H and O–H groups in total. The Balaban J connectivity index is 2.23. The van der Waals surface area contributed by atoms with Crippen molar-refractivity contribution in [3.05, 3.63) is 65.7 Å². The third-order valence-corrected chi connectivity index (χ3v) is 3.12. The van der Waals surface area contributed by atoms with Crippen LogP contribution in [0.4, 0.5) is 0 Å². The van der Waals surface area contributed by atoms with Crippen LogP contribution < -0.4 is 0 Å². The summed E-state index contributed by atoms with van der Waals surface area (Å²) in [5.41, 5.74) is 3.55. The molecular formula is C17H19NO2. The molecule has 0 spiro atoms. The summed E-state index contributed by atoms with van der Waals surface area (Å²) in [5, 5.41) is 0. The maximum atomic E-state index is 10.8. The van der Waals surface area contributed by atoms with E-state index in [1.54, 1.807) is 0 Å². The molecule has 0 saturated carbocycles. The number of hydrogen-bond donors (Lipinski definition) is 0. The first-order valence-electron chi connectivity index (χ1n) is 6.76. The van der Waals surface area contributed by atoms with E-state index in [2.05, 4.69) is 29.7 Å². The molecule has 1 aromatic heterocycles. The Kier molecular flexibility index (Phi) is 4.77. The molecule has 20 heavy (non-hydrogen) atoms. The first-order valence-corrected chi connectivity index (χ1v) is 6.76. The Morgan fingerprint density at radius 3 is 2.60 bits per heavy atom. The fourth-order valence-corrected chi connectivity index (χ4v) is 2.14. The zero-order valence-corrected chi connectivity index (χ0v) is 11.9. The highest BCUT2D eigenvalue weighted by Crippen LogP contribution is 2.15. The van der Waals surface area contributed by atoms with Crippen molar-refractivity contribution in [3.8, 4) is 0 Å². The van der Waals surface area contributed by atoms with Crippen LogP contribution in [0.15, 0.2) is 48.7 Å². The highest BCUT2D eigenvalue weighted by molar-refractivity contribution is 5.67. The maximum absolute atomic E-state index is 10.8. The van der Waals surface area contributed by atoms with Gasteiger partial charge in [0.15, 0.2) is 0 Å². The molecule has 3 heteroatoms. The fraction of sp³-hybridized carbons (Fsp3) is 0.235. The topological polar surface area (TPSA) is 31.2 Å². The average molecular weight is 269 g/mol. The van der Waals surface area contributed by atoms with Crippen LogP contribution in [0, 0.1) is 0 Å². The molecule has 0 aliphatic heterocycles. The number of rotatable bonds is 5. The van der Waals surface area contributed by atoms with E-state index in [0.29, 0.717) is 0 Å². The lowest BCUT2D eigenvalue weighted by Crippen LogP contribution is -2.05. The number of carbonyl (C=O) groups is 1. The fourth-order valence-electron chi connectivity index (χ4n) is 2.14. The molecule has 3 nitrogen and oxygen atoms in total. The van der Waals surface area contributed by atoms with E-state index in [1.165, 1.54) is 24.4 Å². The predicted molar refractivity (Wildman–Crippen MR) is 80.2 cm³/mol. The van der Waals surface area contributed by atoms with Crippen LogP contribution in [-0.2, 0) is 22.5 Å². The first-order chi connectivity index (χ1) is 9.70. The monoisotopic (exact) mass is 269 g/mol. The van der Waals surface area contributed by atoms with Gasteiger partial charge in [0.25, 0.3) is 0 Å². The Hall–Kier alpha value is -2.29. The molecule has 0 amide bonds. The van der Waals surface area contributed by atoms with Crippen molar-refractivity contribution < 1.29 is 9.53 Å². The summed E-state index contributed by atoms with van der Waals surface area (Å²) in [6, 6.07) is 14.5.